The van der Waals surface area contributed by atoms with E-state index >= 15 is 0 Å². The Hall–Kier alpha value is -1.22. The molecule has 1 aliphatic heterocycles. The van der Waals surface area contributed by atoms with Crippen molar-refractivity contribution < 1.29 is 9.00 Å². The van der Waals surface area contributed by atoms with Crippen LogP contribution in [0.4, 0.5) is 5.82 Å². The third-order valence-electron chi connectivity index (χ3n) is 3.66. The monoisotopic (exact) mass is 443 g/mol. The van der Waals surface area contributed by atoms with Crippen LogP contribution in [0.2, 0.25) is 0 Å². The number of anilines is 1. The molecule has 0 unspecified atom stereocenters. The molecular formula is C16H18IN3O2S. The zero-order valence-electron chi connectivity index (χ0n) is 13.2. The summed E-state index contributed by atoms with van der Waals surface area (Å²) in [6.07, 6.45) is 0. The second-order valence-electron chi connectivity index (χ2n) is 6.52. The highest BCUT2D eigenvalue weighted by atomic mass is 127. The van der Waals surface area contributed by atoms with Crippen LogP contribution in [0.3, 0.4) is 0 Å². The van der Waals surface area contributed by atoms with Crippen LogP contribution < -0.4 is 5.32 Å². The molecule has 2 heterocycles. The van der Waals surface area contributed by atoms with Gasteiger partial charge in [-0.3, -0.25) is 9.00 Å². The van der Waals surface area contributed by atoms with Gasteiger partial charge in [0.05, 0.1) is 28.3 Å². The summed E-state index contributed by atoms with van der Waals surface area (Å²) in [6.45, 7) is 6.11. The molecule has 0 bridgehead atoms. The Balaban J connectivity index is 2.01. The maximum Gasteiger partial charge on any atom is 0.257 e. The van der Waals surface area contributed by atoms with Gasteiger partial charge in [-0.05, 0) is 55.5 Å². The van der Waals surface area contributed by atoms with E-state index < -0.39 is 10.8 Å². The predicted octanol–water partition coefficient (Wildman–Crippen LogP) is 3.26. The van der Waals surface area contributed by atoms with Crippen LogP contribution in [-0.4, -0.2) is 19.9 Å². The minimum atomic E-state index is -0.926. The lowest BCUT2D eigenvalue weighted by Crippen LogP contribution is -2.27. The van der Waals surface area contributed by atoms with Gasteiger partial charge in [0, 0.05) is 19.9 Å². The Labute approximate surface area is 151 Å². The lowest BCUT2D eigenvalue weighted by molar-refractivity contribution is 0.102. The number of nitrogens with zero attached hydrogens (tertiary/aromatic N) is 2. The average molecular weight is 443 g/mol. The topological polar surface area (TPSA) is 64.0 Å². The number of amides is 1. The summed E-state index contributed by atoms with van der Waals surface area (Å²) in [6, 6.07) is 7.44. The minimum Gasteiger partial charge on any atom is -0.306 e. The van der Waals surface area contributed by atoms with Gasteiger partial charge >= 0.3 is 0 Å². The summed E-state index contributed by atoms with van der Waals surface area (Å²) < 4.78 is 14.6. The van der Waals surface area contributed by atoms with Crippen molar-refractivity contribution in [2.24, 2.45) is 0 Å². The van der Waals surface area contributed by atoms with Crippen molar-refractivity contribution in [2.45, 2.75) is 37.8 Å². The first-order valence-electron chi connectivity index (χ1n) is 7.29. The molecule has 7 heteroatoms. The van der Waals surface area contributed by atoms with Gasteiger partial charge in [-0.15, -0.1) is 0 Å². The van der Waals surface area contributed by atoms with E-state index in [2.05, 4.69) is 33.0 Å². The number of benzene rings is 1. The largest absolute Gasteiger partial charge is 0.306 e. The third kappa shape index (κ3) is 3.21. The van der Waals surface area contributed by atoms with Gasteiger partial charge in [0.25, 0.3) is 5.91 Å². The maximum atomic E-state index is 12.7. The van der Waals surface area contributed by atoms with Gasteiger partial charge < -0.3 is 5.32 Å². The number of halogens is 1. The van der Waals surface area contributed by atoms with Crippen LogP contribution in [0.5, 0.6) is 0 Å². The van der Waals surface area contributed by atoms with Gasteiger partial charge in [0.1, 0.15) is 5.82 Å². The van der Waals surface area contributed by atoms with E-state index in [0.717, 1.165) is 14.8 Å². The molecule has 1 aromatic carbocycles. The molecule has 1 aliphatic rings. The van der Waals surface area contributed by atoms with Crippen molar-refractivity contribution in [1.82, 2.24) is 9.78 Å². The van der Waals surface area contributed by atoms with Crippen LogP contribution in [-0.2, 0) is 27.8 Å². The van der Waals surface area contributed by atoms with Gasteiger partial charge in [0.2, 0.25) is 0 Å². The fourth-order valence-corrected chi connectivity index (χ4v) is 4.46. The molecule has 1 N–H and O–H groups in total. The number of fused-ring (bicyclic) bond motifs is 1. The van der Waals surface area contributed by atoms with Gasteiger partial charge in [-0.2, -0.15) is 5.10 Å². The van der Waals surface area contributed by atoms with E-state index in [0.29, 0.717) is 22.9 Å². The molecule has 0 radical (unpaired) electrons. The molecule has 2 aromatic rings. The fraction of sp³-hybridized carbons (Fsp3) is 0.375. The first-order valence-corrected chi connectivity index (χ1v) is 9.86. The summed E-state index contributed by atoms with van der Waals surface area (Å²) >= 11 is 2.15. The van der Waals surface area contributed by atoms with E-state index in [1.807, 2.05) is 43.7 Å². The molecule has 1 amide bonds. The Bertz CT molecular complexity index is 808. The second kappa shape index (κ2) is 6.01. The molecule has 0 fully saturated rings. The Kier molecular flexibility index (Phi) is 4.35. The second-order valence-corrected chi connectivity index (χ2v) is 9.14. The number of carbonyl (C=O) groups is 1. The number of carbonyl (C=O) groups excluding carboxylic acids is 1. The Morgan fingerprint density at radius 1 is 1.30 bits per heavy atom. The zero-order valence-corrected chi connectivity index (χ0v) is 16.2. The summed E-state index contributed by atoms with van der Waals surface area (Å²) in [4.78, 5) is 12.7. The summed E-state index contributed by atoms with van der Waals surface area (Å²) in [5, 5.41) is 7.59. The number of hydrogen-bond donors (Lipinski definition) is 1. The van der Waals surface area contributed by atoms with Gasteiger partial charge in [-0.1, -0.05) is 12.1 Å². The summed E-state index contributed by atoms with van der Waals surface area (Å²) in [5.41, 5.74) is 2.09. The molecule has 1 atom stereocenters. The smallest absolute Gasteiger partial charge is 0.257 e. The highest BCUT2D eigenvalue weighted by Gasteiger charge is 2.31. The number of hydrogen-bond acceptors (Lipinski definition) is 3. The molecule has 122 valence electrons. The van der Waals surface area contributed by atoms with E-state index in [4.69, 9.17) is 0 Å². The van der Waals surface area contributed by atoms with Crippen LogP contribution in [0.15, 0.2) is 24.3 Å². The first-order chi connectivity index (χ1) is 10.8. The number of rotatable bonds is 2. The molecule has 1 aromatic heterocycles. The van der Waals surface area contributed by atoms with E-state index in [1.165, 1.54) is 0 Å². The molecular weight excluding hydrogens is 425 g/mol. The molecule has 0 saturated heterocycles. The standard InChI is InChI=1S/C16H18IN3O2S/c1-16(2,3)20-14(11-8-23(22)9-13(11)19-20)18-15(21)10-6-4-5-7-12(10)17/h4-7H,8-9H2,1-3H3,(H,18,21)/t23-/m1/s1. The molecule has 0 spiro atoms. The van der Waals surface area contributed by atoms with Crippen molar-refractivity contribution in [3.63, 3.8) is 0 Å². The molecule has 23 heavy (non-hydrogen) atoms. The van der Waals surface area contributed by atoms with Crippen molar-refractivity contribution >= 4 is 45.1 Å². The van der Waals surface area contributed by atoms with Crippen molar-refractivity contribution in [2.75, 3.05) is 5.32 Å². The van der Waals surface area contributed by atoms with E-state index in [-0.39, 0.29) is 11.4 Å². The van der Waals surface area contributed by atoms with Crippen LogP contribution >= 0.6 is 22.6 Å². The first kappa shape index (κ1) is 16.6. The lowest BCUT2D eigenvalue weighted by atomic mass is 10.1. The number of nitrogens with one attached hydrogen (secondary N) is 1. The molecule has 0 aliphatic carbocycles. The van der Waals surface area contributed by atoms with Crippen LogP contribution in [0.1, 0.15) is 42.4 Å². The number of aromatic nitrogens is 2. The maximum absolute atomic E-state index is 12.7. The lowest BCUT2D eigenvalue weighted by Gasteiger charge is -2.23. The third-order valence-corrected chi connectivity index (χ3v) is 5.80. The highest BCUT2D eigenvalue weighted by Crippen LogP contribution is 2.33. The highest BCUT2D eigenvalue weighted by molar-refractivity contribution is 14.1. The zero-order chi connectivity index (χ0) is 16.8. The van der Waals surface area contributed by atoms with E-state index in [1.54, 1.807) is 6.07 Å². The fourth-order valence-electron chi connectivity index (χ4n) is 2.56. The molecule has 5 nitrogen and oxygen atoms in total. The van der Waals surface area contributed by atoms with Crippen molar-refractivity contribution in [3.05, 3.63) is 44.7 Å². The average Bonchev–Trinajstić information content (AvgIpc) is 2.96. The Morgan fingerprint density at radius 3 is 2.65 bits per heavy atom. The van der Waals surface area contributed by atoms with Crippen LogP contribution in [0.25, 0.3) is 0 Å². The van der Waals surface area contributed by atoms with Crippen LogP contribution in [0, 0.1) is 3.57 Å². The van der Waals surface area contributed by atoms with Gasteiger partial charge in [0.15, 0.2) is 0 Å². The summed E-state index contributed by atoms with van der Waals surface area (Å²) in [7, 11) is -0.926. The van der Waals surface area contributed by atoms with Crippen molar-refractivity contribution in [3.8, 4) is 0 Å². The predicted molar refractivity (Wildman–Crippen MR) is 99.9 cm³/mol. The molecule has 3 rings (SSSR count). The Morgan fingerprint density at radius 2 is 2.00 bits per heavy atom. The minimum absolute atomic E-state index is 0.166. The van der Waals surface area contributed by atoms with Gasteiger partial charge in [-0.25, -0.2) is 4.68 Å². The molecule has 0 saturated carbocycles. The quantitative estimate of drug-likeness (QED) is 0.725. The van der Waals surface area contributed by atoms with E-state index in [9.17, 15) is 9.00 Å². The van der Waals surface area contributed by atoms with Crippen molar-refractivity contribution in [1.29, 1.82) is 0 Å². The summed E-state index contributed by atoms with van der Waals surface area (Å²) in [5.74, 6) is 1.42. The SMILES string of the molecule is CC(C)(C)n1nc2c(c1NC(=O)c1ccccc1I)C[S@@](=O)C2. The normalized spacial score (nSPS) is 17.1.